The minimum atomic E-state index is -0.304. The third-order valence-electron chi connectivity index (χ3n) is 5.49. The number of rotatable bonds is 7. The summed E-state index contributed by atoms with van der Waals surface area (Å²) in [6.45, 7) is 3.20. The second-order valence-corrected chi connectivity index (χ2v) is 7.83. The number of amides is 1. The predicted octanol–water partition coefficient (Wildman–Crippen LogP) is 4.03. The maximum Gasteiger partial charge on any atom is 0.254 e. The number of ether oxygens (including phenoxy) is 2. The molecule has 2 heterocycles. The summed E-state index contributed by atoms with van der Waals surface area (Å²) in [6, 6.07) is 15.2. The number of aromatic nitrogens is 1. The molecule has 6 nitrogen and oxygen atoms in total. The lowest BCUT2D eigenvalue weighted by molar-refractivity contribution is 0.0672. The number of aryl methyl sites for hydroxylation is 1. The topological polar surface area (TPSA) is 64.8 Å². The Morgan fingerprint density at radius 3 is 2.77 bits per heavy atom. The molecule has 3 aromatic rings. The highest BCUT2D eigenvalue weighted by Crippen LogP contribution is 2.26. The van der Waals surface area contributed by atoms with E-state index >= 15 is 0 Å². The Kier molecular flexibility index (Phi) is 6.32. The van der Waals surface area contributed by atoms with Crippen molar-refractivity contribution in [2.45, 2.75) is 26.1 Å². The van der Waals surface area contributed by atoms with Gasteiger partial charge in [-0.05, 0) is 42.8 Å². The molecule has 7 heteroatoms. The molecule has 2 atom stereocenters. The van der Waals surface area contributed by atoms with E-state index in [0.717, 1.165) is 17.0 Å². The van der Waals surface area contributed by atoms with Gasteiger partial charge in [-0.3, -0.25) is 4.79 Å². The van der Waals surface area contributed by atoms with Gasteiger partial charge < -0.3 is 18.9 Å². The van der Waals surface area contributed by atoms with Crippen molar-refractivity contribution in [3.05, 3.63) is 83.0 Å². The van der Waals surface area contributed by atoms with Crippen molar-refractivity contribution in [2.24, 2.45) is 5.92 Å². The highest BCUT2D eigenvalue weighted by atomic mass is 19.1. The number of carbonyl (C=O) groups is 1. The van der Waals surface area contributed by atoms with Gasteiger partial charge in [-0.25, -0.2) is 4.39 Å². The van der Waals surface area contributed by atoms with E-state index < -0.39 is 0 Å². The molecule has 2 aromatic carbocycles. The third-order valence-corrected chi connectivity index (χ3v) is 5.49. The van der Waals surface area contributed by atoms with Crippen LogP contribution in [-0.4, -0.2) is 42.3 Å². The molecule has 1 fully saturated rings. The summed E-state index contributed by atoms with van der Waals surface area (Å²) < 4.78 is 30.1. The lowest BCUT2D eigenvalue weighted by Gasteiger charge is -2.17. The monoisotopic (exact) mass is 424 g/mol. The lowest BCUT2D eigenvalue weighted by Crippen LogP contribution is -2.29. The van der Waals surface area contributed by atoms with E-state index in [2.05, 4.69) is 5.16 Å². The Morgan fingerprint density at radius 2 is 2.03 bits per heavy atom. The first-order valence-electron chi connectivity index (χ1n) is 10.2. The fourth-order valence-electron chi connectivity index (χ4n) is 3.94. The minimum Gasteiger partial charge on any atom is -0.489 e. The first-order valence-corrected chi connectivity index (χ1v) is 10.2. The van der Waals surface area contributed by atoms with Crippen molar-refractivity contribution >= 4 is 5.91 Å². The van der Waals surface area contributed by atoms with Crippen LogP contribution in [0.1, 0.15) is 27.4 Å². The normalized spacial score (nSPS) is 18.4. The number of halogens is 1. The van der Waals surface area contributed by atoms with Crippen molar-refractivity contribution in [2.75, 3.05) is 20.2 Å². The zero-order valence-corrected chi connectivity index (χ0v) is 17.6. The van der Waals surface area contributed by atoms with E-state index in [-0.39, 0.29) is 30.4 Å². The molecule has 1 aliphatic heterocycles. The van der Waals surface area contributed by atoms with E-state index in [1.165, 1.54) is 12.1 Å². The lowest BCUT2D eigenvalue weighted by atomic mass is 10.0. The molecule has 0 unspecified atom stereocenters. The molecule has 0 spiro atoms. The van der Waals surface area contributed by atoms with Crippen LogP contribution in [0.5, 0.6) is 5.75 Å². The zero-order valence-electron chi connectivity index (χ0n) is 17.6. The van der Waals surface area contributed by atoms with Crippen LogP contribution in [0.15, 0.2) is 59.1 Å². The van der Waals surface area contributed by atoms with Gasteiger partial charge in [0.25, 0.3) is 5.91 Å². The SMILES string of the molecule is CO[C@H]1CN(C(=O)c2cccc(OCc3cccc(F)c3)c2)C[C@H]1Cc1cc(C)no1. The van der Waals surface area contributed by atoms with Gasteiger partial charge in [0.2, 0.25) is 0 Å². The second-order valence-electron chi connectivity index (χ2n) is 7.83. The smallest absolute Gasteiger partial charge is 0.254 e. The van der Waals surface area contributed by atoms with Crippen molar-refractivity contribution < 1.29 is 23.2 Å². The van der Waals surface area contributed by atoms with Gasteiger partial charge in [0.1, 0.15) is 23.9 Å². The van der Waals surface area contributed by atoms with Crippen molar-refractivity contribution in [3.63, 3.8) is 0 Å². The van der Waals surface area contributed by atoms with Crippen LogP contribution in [0.2, 0.25) is 0 Å². The molecule has 0 N–H and O–H groups in total. The summed E-state index contributed by atoms with van der Waals surface area (Å²) in [6.07, 6.45) is 0.599. The molecule has 1 aliphatic rings. The number of hydrogen-bond acceptors (Lipinski definition) is 5. The largest absolute Gasteiger partial charge is 0.489 e. The molecular formula is C24H25FN2O4. The fourth-order valence-corrected chi connectivity index (χ4v) is 3.94. The Hall–Kier alpha value is -3.19. The summed E-state index contributed by atoms with van der Waals surface area (Å²) in [5.41, 5.74) is 2.11. The number of carbonyl (C=O) groups excluding carboxylic acids is 1. The first kappa shape index (κ1) is 21.1. The molecule has 31 heavy (non-hydrogen) atoms. The number of likely N-dealkylation sites (tertiary alicyclic amines) is 1. The highest BCUT2D eigenvalue weighted by Gasteiger charge is 2.36. The highest BCUT2D eigenvalue weighted by molar-refractivity contribution is 5.94. The summed E-state index contributed by atoms with van der Waals surface area (Å²) in [4.78, 5) is 14.9. The summed E-state index contributed by atoms with van der Waals surface area (Å²) in [7, 11) is 1.66. The van der Waals surface area contributed by atoms with Crippen LogP contribution < -0.4 is 4.74 Å². The molecule has 0 radical (unpaired) electrons. The van der Waals surface area contributed by atoms with E-state index in [4.69, 9.17) is 14.0 Å². The molecule has 1 aromatic heterocycles. The summed E-state index contributed by atoms with van der Waals surface area (Å²) in [5.74, 6) is 1.11. The van der Waals surface area contributed by atoms with Crippen molar-refractivity contribution in [1.82, 2.24) is 10.1 Å². The maximum atomic E-state index is 13.3. The molecule has 0 saturated carbocycles. The Morgan fingerprint density at radius 1 is 1.19 bits per heavy atom. The number of benzene rings is 2. The average molecular weight is 424 g/mol. The van der Waals surface area contributed by atoms with Gasteiger partial charge in [0, 0.05) is 44.2 Å². The molecule has 4 rings (SSSR count). The first-order chi connectivity index (χ1) is 15.0. The standard InChI is InChI=1S/C24H25FN2O4/c1-16-9-22(31-26-16)12-19-13-27(14-23(19)29-2)24(28)18-6-4-8-21(11-18)30-15-17-5-3-7-20(25)10-17/h3-11,19,23H,12-15H2,1-2H3/t19-,23+/m1/s1. The van der Waals surface area contributed by atoms with Crippen LogP contribution in [0.25, 0.3) is 0 Å². The van der Waals surface area contributed by atoms with Gasteiger partial charge in [0.05, 0.1) is 11.8 Å². The van der Waals surface area contributed by atoms with E-state index in [1.807, 2.05) is 13.0 Å². The summed E-state index contributed by atoms with van der Waals surface area (Å²) in [5, 5.41) is 3.93. The Balaban J connectivity index is 1.41. The van der Waals surface area contributed by atoms with Gasteiger partial charge in [-0.2, -0.15) is 0 Å². The predicted molar refractivity (Wildman–Crippen MR) is 112 cm³/mol. The van der Waals surface area contributed by atoms with Gasteiger partial charge >= 0.3 is 0 Å². The Labute approximate surface area is 180 Å². The van der Waals surface area contributed by atoms with Gasteiger partial charge in [0.15, 0.2) is 0 Å². The fraction of sp³-hybridized carbons (Fsp3) is 0.333. The van der Waals surface area contributed by atoms with Crippen LogP contribution in [-0.2, 0) is 17.8 Å². The van der Waals surface area contributed by atoms with Crippen LogP contribution >= 0.6 is 0 Å². The number of nitrogens with zero attached hydrogens (tertiary/aromatic N) is 2. The molecular weight excluding hydrogens is 399 g/mol. The van der Waals surface area contributed by atoms with Crippen LogP contribution in [0, 0.1) is 18.7 Å². The van der Waals surface area contributed by atoms with Crippen LogP contribution in [0.4, 0.5) is 4.39 Å². The maximum absolute atomic E-state index is 13.3. The molecule has 0 bridgehead atoms. The van der Waals surface area contributed by atoms with E-state index in [9.17, 15) is 9.18 Å². The molecule has 162 valence electrons. The van der Waals surface area contributed by atoms with Gasteiger partial charge in [-0.1, -0.05) is 23.4 Å². The quantitative estimate of drug-likeness (QED) is 0.573. The molecule has 0 aliphatic carbocycles. The number of hydrogen-bond donors (Lipinski definition) is 0. The van der Waals surface area contributed by atoms with Gasteiger partial charge in [-0.15, -0.1) is 0 Å². The third kappa shape index (κ3) is 5.11. The average Bonchev–Trinajstić information content (AvgIpc) is 3.38. The van der Waals surface area contributed by atoms with Crippen molar-refractivity contribution in [3.8, 4) is 5.75 Å². The van der Waals surface area contributed by atoms with Crippen molar-refractivity contribution in [1.29, 1.82) is 0 Å². The summed E-state index contributed by atoms with van der Waals surface area (Å²) >= 11 is 0. The van der Waals surface area contributed by atoms with E-state index in [1.54, 1.807) is 48.4 Å². The number of methoxy groups -OCH3 is 1. The van der Waals surface area contributed by atoms with E-state index in [0.29, 0.717) is 30.8 Å². The Bertz CT molecular complexity index is 1050. The molecule has 1 saturated heterocycles. The van der Waals surface area contributed by atoms with Crippen LogP contribution in [0.3, 0.4) is 0 Å². The second kappa shape index (κ2) is 9.31. The zero-order chi connectivity index (χ0) is 21.8. The minimum absolute atomic E-state index is 0.0678. The molecule has 1 amide bonds.